The molecule has 2 aromatic carbocycles. The minimum absolute atomic E-state index is 0.0167. The van der Waals surface area contributed by atoms with Crippen molar-refractivity contribution in [3.8, 4) is 0 Å². The van der Waals surface area contributed by atoms with Gasteiger partial charge in [-0.2, -0.15) is 4.40 Å². The highest BCUT2D eigenvalue weighted by Gasteiger charge is 2.24. The standard InChI is InChI=1S/C14H15N3O4S2/c1-16-11-8-5-9-12(13(11)14(15)17-22(18)19)23(20,21)10-6-3-2-4-7-10/h2-9,16H,1H3,(H2,15,17)(H,18,19)/p-1. The SMILES string of the molecule is CNc1cccc(S(=O)(=O)c2ccccc2)c1C(N)=NS(=O)[O-]. The normalized spacial score (nSPS) is 13.6. The summed E-state index contributed by atoms with van der Waals surface area (Å²) < 4.78 is 50.4. The lowest BCUT2D eigenvalue weighted by atomic mass is 10.1. The summed E-state index contributed by atoms with van der Waals surface area (Å²) in [6, 6.07) is 12.3. The minimum atomic E-state index is -3.88. The molecule has 0 amide bonds. The summed E-state index contributed by atoms with van der Waals surface area (Å²) in [7, 11) is -2.32. The van der Waals surface area contributed by atoms with E-state index in [1.807, 2.05) is 0 Å². The van der Waals surface area contributed by atoms with Crippen LogP contribution in [0.5, 0.6) is 0 Å². The third-order valence-corrected chi connectivity index (χ3v) is 5.23. The zero-order chi connectivity index (χ0) is 17.0. The Hall–Kier alpha value is -2.23. The van der Waals surface area contributed by atoms with Gasteiger partial charge in [0.15, 0.2) is 0 Å². The number of anilines is 1. The summed E-state index contributed by atoms with van der Waals surface area (Å²) in [5.74, 6) is -0.405. The van der Waals surface area contributed by atoms with Crippen molar-refractivity contribution in [2.24, 2.45) is 10.1 Å². The van der Waals surface area contributed by atoms with Crippen LogP contribution in [0, 0.1) is 0 Å². The molecule has 2 aromatic rings. The van der Waals surface area contributed by atoms with Gasteiger partial charge in [-0.25, -0.2) is 8.42 Å². The molecule has 0 heterocycles. The summed E-state index contributed by atoms with van der Waals surface area (Å²) in [6.07, 6.45) is 0. The molecule has 122 valence electrons. The first-order valence-corrected chi connectivity index (χ1v) is 8.94. The lowest BCUT2D eigenvalue weighted by molar-refractivity contribution is 0.539. The van der Waals surface area contributed by atoms with Crippen LogP contribution in [-0.2, 0) is 21.1 Å². The van der Waals surface area contributed by atoms with E-state index >= 15 is 0 Å². The van der Waals surface area contributed by atoms with Crippen molar-refractivity contribution in [1.29, 1.82) is 0 Å². The predicted octanol–water partition coefficient (Wildman–Crippen LogP) is 1.06. The van der Waals surface area contributed by atoms with Gasteiger partial charge in [0.1, 0.15) is 5.84 Å². The number of rotatable bonds is 5. The largest absolute Gasteiger partial charge is 0.754 e. The maximum absolute atomic E-state index is 12.8. The quantitative estimate of drug-likeness (QED) is 0.471. The van der Waals surface area contributed by atoms with Gasteiger partial charge in [0.25, 0.3) is 0 Å². The zero-order valence-corrected chi connectivity index (χ0v) is 13.7. The molecule has 3 N–H and O–H groups in total. The van der Waals surface area contributed by atoms with Gasteiger partial charge >= 0.3 is 0 Å². The summed E-state index contributed by atoms with van der Waals surface area (Å²) >= 11 is -2.80. The Balaban J connectivity index is 2.76. The first-order chi connectivity index (χ1) is 10.9. The van der Waals surface area contributed by atoms with E-state index in [1.165, 1.54) is 24.3 Å². The summed E-state index contributed by atoms with van der Waals surface area (Å²) in [4.78, 5) is -0.0483. The third-order valence-electron chi connectivity index (χ3n) is 3.07. The molecule has 23 heavy (non-hydrogen) atoms. The number of amidine groups is 1. The van der Waals surface area contributed by atoms with Gasteiger partial charge in [0, 0.05) is 12.7 Å². The Kier molecular flexibility index (Phi) is 5.14. The maximum Gasteiger partial charge on any atom is 0.207 e. The summed E-state index contributed by atoms with van der Waals surface area (Å²) in [6.45, 7) is 0. The fourth-order valence-corrected chi connectivity index (χ4v) is 3.84. The molecule has 0 saturated heterocycles. The van der Waals surface area contributed by atoms with E-state index < -0.39 is 26.9 Å². The average Bonchev–Trinajstić information content (AvgIpc) is 2.54. The molecular formula is C14H14N3O4S2-. The van der Waals surface area contributed by atoms with E-state index in [9.17, 15) is 17.2 Å². The van der Waals surface area contributed by atoms with Gasteiger partial charge in [-0.1, -0.05) is 24.3 Å². The van der Waals surface area contributed by atoms with Crippen LogP contribution < -0.4 is 11.1 Å². The van der Waals surface area contributed by atoms with Crippen LogP contribution in [0.3, 0.4) is 0 Å². The minimum Gasteiger partial charge on any atom is -0.754 e. The highest BCUT2D eigenvalue weighted by atomic mass is 32.2. The number of hydrogen-bond donors (Lipinski definition) is 2. The van der Waals surface area contributed by atoms with Gasteiger partial charge in [0.2, 0.25) is 9.84 Å². The number of nitrogens with one attached hydrogen (secondary N) is 1. The lowest BCUT2D eigenvalue weighted by Crippen LogP contribution is -2.20. The first-order valence-electron chi connectivity index (χ1n) is 6.42. The molecule has 7 nitrogen and oxygen atoms in total. The van der Waals surface area contributed by atoms with Crippen LogP contribution in [0.15, 0.2) is 62.7 Å². The van der Waals surface area contributed by atoms with Crippen molar-refractivity contribution >= 4 is 32.6 Å². The topological polar surface area (TPSA) is 125 Å². The Labute approximate surface area is 136 Å². The Morgan fingerprint density at radius 3 is 2.39 bits per heavy atom. The van der Waals surface area contributed by atoms with E-state index in [0.717, 1.165) is 0 Å². The molecule has 0 aliphatic carbocycles. The number of sulfone groups is 1. The van der Waals surface area contributed by atoms with Gasteiger partial charge < -0.3 is 15.6 Å². The smallest absolute Gasteiger partial charge is 0.207 e. The number of nitrogens with two attached hydrogens (primary N) is 1. The van der Waals surface area contributed by atoms with Gasteiger partial charge in [-0.05, 0) is 24.3 Å². The molecule has 0 saturated carbocycles. The molecular weight excluding hydrogens is 338 g/mol. The van der Waals surface area contributed by atoms with Crippen LogP contribution in [0.4, 0.5) is 5.69 Å². The van der Waals surface area contributed by atoms with E-state index in [2.05, 4.69) is 9.71 Å². The zero-order valence-electron chi connectivity index (χ0n) is 12.1. The Morgan fingerprint density at radius 1 is 1.17 bits per heavy atom. The van der Waals surface area contributed by atoms with Crippen molar-refractivity contribution in [2.75, 3.05) is 12.4 Å². The van der Waals surface area contributed by atoms with Crippen LogP contribution in [0.2, 0.25) is 0 Å². The molecule has 1 unspecified atom stereocenters. The second-order valence-electron chi connectivity index (χ2n) is 4.44. The van der Waals surface area contributed by atoms with Gasteiger partial charge in [-0.3, -0.25) is 4.21 Å². The van der Waals surface area contributed by atoms with E-state index in [0.29, 0.717) is 5.69 Å². The molecule has 0 fully saturated rings. The fraction of sp³-hybridized carbons (Fsp3) is 0.0714. The Morgan fingerprint density at radius 2 is 1.83 bits per heavy atom. The predicted molar refractivity (Wildman–Crippen MR) is 87.5 cm³/mol. The van der Waals surface area contributed by atoms with Crippen molar-refractivity contribution < 1.29 is 17.2 Å². The second-order valence-corrected chi connectivity index (χ2v) is 6.97. The van der Waals surface area contributed by atoms with Crippen LogP contribution in [-0.4, -0.2) is 30.1 Å². The average molecular weight is 352 g/mol. The van der Waals surface area contributed by atoms with Crippen LogP contribution in [0.1, 0.15) is 5.56 Å². The van der Waals surface area contributed by atoms with E-state index in [4.69, 9.17) is 5.73 Å². The van der Waals surface area contributed by atoms with Crippen LogP contribution >= 0.6 is 0 Å². The van der Waals surface area contributed by atoms with Gasteiger partial charge in [-0.15, -0.1) is 0 Å². The molecule has 9 heteroatoms. The fourth-order valence-electron chi connectivity index (χ4n) is 2.08. The summed E-state index contributed by atoms with van der Waals surface area (Å²) in [5.41, 5.74) is 6.07. The molecule has 1 atom stereocenters. The van der Waals surface area contributed by atoms with Crippen molar-refractivity contribution in [1.82, 2.24) is 0 Å². The van der Waals surface area contributed by atoms with Crippen molar-refractivity contribution in [3.63, 3.8) is 0 Å². The Bertz CT molecular complexity index is 865. The van der Waals surface area contributed by atoms with Gasteiger partial charge in [0.05, 0.1) is 26.6 Å². The lowest BCUT2D eigenvalue weighted by Gasteiger charge is -2.15. The molecule has 0 bridgehead atoms. The van der Waals surface area contributed by atoms with Crippen LogP contribution in [0.25, 0.3) is 0 Å². The highest BCUT2D eigenvalue weighted by molar-refractivity contribution is 7.91. The number of benzene rings is 2. The second kappa shape index (κ2) is 6.90. The molecule has 0 radical (unpaired) electrons. The third kappa shape index (κ3) is 3.58. The molecule has 0 spiro atoms. The first kappa shape index (κ1) is 17.1. The molecule has 0 aromatic heterocycles. The number of nitrogens with zero attached hydrogens (tertiary/aromatic N) is 1. The monoisotopic (exact) mass is 352 g/mol. The van der Waals surface area contributed by atoms with E-state index in [1.54, 1.807) is 31.3 Å². The molecule has 0 aliphatic heterocycles. The molecule has 2 rings (SSSR count). The molecule has 0 aliphatic rings. The summed E-state index contributed by atoms with van der Waals surface area (Å²) in [5, 5.41) is 2.79. The highest BCUT2D eigenvalue weighted by Crippen LogP contribution is 2.28. The maximum atomic E-state index is 12.8. The van der Waals surface area contributed by atoms with Crippen molar-refractivity contribution in [3.05, 3.63) is 54.1 Å². The van der Waals surface area contributed by atoms with Crippen molar-refractivity contribution in [2.45, 2.75) is 9.79 Å². The van der Waals surface area contributed by atoms with E-state index in [-0.39, 0.29) is 15.4 Å². The number of hydrogen-bond acceptors (Lipinski definition) is 5.